The molecule has 1 amide bonds. The maximum Gasteiger partial charge on any atom is 0.253 e. The van der Waals surface area contributed by atoms with Crippen molar-refractivity contribution in [3.8, 4) is 0 Å². The molecule has 1 aromatic carbocycles. The molecule has 0 spiro atoms. The van der Waals surface area contributed by atoms with Crippen LogP contribution in [-0.4, -0.2) is 64.3 Å². The first-order valence-electron chi connectivity index (χ1n) is 9.29. The van der Waals surface area contributed by atoms with Crippen molar-refractivity contribution in [3.63, 3.8) is 0 Å². The van der Waals surface area contributed by atoms with Crippen LogP contribution >= 0.6 is 0 Å². The van der Waals surface area contributed by atoms with Crippen LogP contribution in [0.5, 0.6) is 0 Å². The predicted molar refractivity (Wildman–Crippen MR) is 97.1 cm³/mol. The number of carbonyl (C=O) groups excluding carboxylic acids is 1. The van der Waals surface area contributed by atoms with Gasteiger partial charge in [0.1, 0.15) is 6.10 Å². The highest BCUT2D eigenvalue weighted by Crippen LogP contribution is 2.28. The molecule has 5 nitrogen and oxygen atoms in total. The van der Waals surface area contributed by atoms with Crippen molar-refractivity contribution in [3.05, 3.63) is 35.9 Å². The van der Waals surface area contributed by atoms with Crippen LogP contribution in [-0.2, 0) is 16.1 Å². The van der Waals surface area contributed by atoms with E-state index in [1.165, 1.54) is 5.56 Å². The summed E-state index contributed by atoms with van der Waals surface area (Å²) in [5.41, 5.74) is 0.370. The molecule has 0 radical (unpaired) electrons. The molecule has 2 aliphatic heterocycles. The third kappa shape index (κ3) is 4.40. The van der Waals surface area contributed by atoms with E-state index in [0.717, 1.165) is 25.9 Å². The van der Waals surface area contributed by atoms with Gasteiger partial charge in [-0.1, -0.05) is 30.3 Å². The minimum absolute atomic E-state index is 0.0224. The van der Waals surface area contributed by atoms with Crippen LogP contribution in [0.25, 0.3) is 0 Å². The van der Waals surface area contributed by atoms with Crippen LogP contribution < -0.4 is 0 Å². The van der Waals surface area contributed by atoms with E-state index in [9.17, 15) is 9.90 Å². The number of likely N-dealkylation sites (tertiary alicyclic amines) is 1. The Kier molecular flexibility index (Phi) is 5.46. The molecule has 0 aliphatic carbocycles. The minimum atomic E-state index is -0.879. The van der Waals surface area contributed by atoms with E-state index < -0.39 is 11.7 Å². The number of hydrogen-bond acceptors (Lipinski definition) is 4. The Morgan fingerprint density at radius 2 is 2.00 bits per heavy atom. The average molecular weight is 346 g/mol. The Morgan fingerprint density at radius 1 is 1.28 bits per heavy atom. The zero-order valence-corrected chi connectivity index (χ0v) is 15.5. The maximum atomic E-state index is 13.1. The molecule has 2 heterocycles. The van der Waals surface area contributed by atoms with Crippen molar-refractivity contribution < 1.29 is 14.6 Å². The third-order valence-electron chi connectivity index (χ3n) is 5.21. The molecule has 2 fully saturated rings. The van der Waals surface area contributed by atoms with Gasteiger partial charge in [0.05, 0.1) is 17.7 Å². The first-order chi connectivity index (χ1) is 11.8. The second kappa shape index (κ2) is 7.44. The molecule has 1 unspecified atom stereocenters. The number of ether oxygens (including phenoxy) is 1. The van der Waals surface area contributed by atoms with Gasteiger partial charge < -0.3 is 14.7 Å². The number of benzene rings is 1. The molecule has 138 valence electrons. The van der Waals surface area contributed by atoms with Crippen LogP contribution in [0.2, 0.25) is 0 Å². The molecule has 2 aliphatic rings. The zero-order chi connectivity index (χ0) is 18.0. The lowest BCUT2D eigenvalue weighted by Crippen LogP contribution is -2.56. The van der Waals surface area contributed by atoms with Crippen molar-refractivity contribution in [2.45, 2.75) is 64.0 Å². The second-order valence-electron chi connectivity index (χ2n) is 7.96. The number of nitrogens with zero attached hydrogens (tertiary/aromatic N) is 2. The summed E-state index contributed by atoms with van der Waals surface area (Å²) in [7, 11) is 0. The van der Waals surface area contributed by atoms with Crippen LogP contribution in [0.15, 0.2) is 30.3 Å². The van der Waals surface area contributed by atoms with Crippen LogP contribution in [0.4, 0.5) is 0 Å². The Bertz CT molecular complexity index is 584. The van der Waals surface area contributed by atoms with E-state index >= 15 is 0 Å². The molecule has 3 rings (SSSR count). The summed E-state index contributed by atoms with van der Waals surface area (Å²) in [6.45, 7) is 8.56. The first kappa shape index (κ1) is 18.4. The Labute approximate surface area is 150 Å². The summed E-state index contributed by atoms with van der Waals surface area (Å²) in [4.78, 5) is 17.2. The summed E-state index contributed by atoms with van der Waals surface area (Å²) in [5, 5.41) is 10.4. The molecule has 1 N–H and O–H groups in total. The van der Waals surface area contributed by atoms with Gasteiger partial charge in [-0.2, -0.15) is 0 Å². The summed E-state index contributed by atoms with van der Waals surface area (Å²) in [6.07, 6.45) is 1.37. The van der Waals surface area contributed by atoms with Crippen LogP contribution in [0, 0.1) is 0 Å². The third-order valence-corrected chi connectivity index (χ3v) is 5.21. The van der Waals surface area contributed by atoms with Crippen molar-refractivity contribution in [2.24, 2.45) is 0 Å². The van der Waals surface area contributed by atoms with Gasteiger partial charge in [0.2, 0.25) is 0 Å². The Morgan fingerprint density at radius 3 is 2.68 bits per heavy atom. The largest absolute Gasteiger partial charge is 0.388 e. The second-order valence-corrected chi connectivity index (χ2v) is 7.96. The fourth-order valence-corrected chi connectivity index (χ4v) is 4.10. The van der Waals surface area contributed by atoms with Gasteiger partial charge in [0.15, 0.2) is 0 Å². The quantitative estimate of drug-likeness (QED) is 0.906. The average Bonchev–Trinajstić information content (AvgIpc) is 3.04. The van der Waals surface area contributed by atoms with Gasteiger partial charge in [-0.15, -0.1) is 0 Å². The zero-order valence-electron chi connectivity index (χ0n) is 15.5. The lowest BCUT2D eigenvalue weighted by atomic mass is 9.96. The topological polar surface area (TPSA) is 53.0 Å². The molecule has 1 aromatic rings. The van der Waals surface area contributed by atoms with Crippen molar-refractivity contribution >= 4 is 5.91 Å². The van der Waals surface area contributed by atoms with Gasteiger partial charge in [-0.05, 0) is 39.2 Å². The van der Waals surface area contributed by atoms with Gasteiger partial charge >= 0.3 is 0 Å². The van der Waals surface area contributed by atoms with Gasteiger partial charge in [-0.25, -0.2) is 0 Å². The molecule has 0 bridgehead atoms. The molecule has 3 atom stereocenters. The molecule has 5 heteroatoms. The van der Waals surface area contributed by atoms with E-state index in [1.54, 1.807) is 13.8 Å². The van der Waals surface area contributed by atoms with E-state index in [0.29, 0.717) is 13.1 Å². The van der Waals surface area contributed by atoms with Crippen molar-refractivity contribution in [2.75, 3.05) is 19.6 Å². The summed E-state index contributed by atoms with van der Waals surface area (Å²) in [6, 6.07) is 10.2. The van der Waals surface area contributed by atoms with E-state index in [4.69, 9.17) is 4.74 Å². The highest BCUT2D eigenvalue weighted by atomic mass is 16.5. The monoisotopic (exact) mass is 346 g/mol. The molecular weight excluding hydrogens is 316 g/mol. The smallest absolute Gasteiger partial charge is 0.253 e. The van der Waals surface area contributed by atoms with Crippen LogP contribution in [0.1, 0.15) is 39.2 Å². The van der Waals surface area contributed by atoms with Crippen molar-refractivity contribution in [1.82, 2.24) is 9.80 Å². The highest BCUT2D eigenvalue weighted by Gasteiger charge is 2.42. The molecule has 25 heavy (non-hydrogen) atoms. The maximum absolute atomic E-state index is 13.1. The number of morpholine rings is 1. The van der Waals surface area contributed by atoms with E-state index in [-0.39, 0.29) is 18.1 Å². The molecule has 0 saturated carbocycles. The van der Waals surface area contributed by atoms with Gasteiger partial charge in [0.25, 0.3) is 5.91 Å². The molecular formula is C20H30N2O3. The lowest BCUT2D eigenvalue weighted by Gasteiger charge is -2.40. The van der Waals surface area contributed by atoms with Crippen LogP contribution in [0.3, 0.4) is 0 Å². The van der Waals surface area contributed by atoms with E-state index in [2.05, 4.69) is 17.0 Å². The Balaban J connectivity index is 1.67. The molecule has 0 aromatic heterocycles. The Hall–Kier alpha value is -1.43. The van der Waals surface area contributed by atoms with Gasteiger partial charge in [-0.3, -0.25) is 9.69 Å². The normalized spacial score (nSPS) is 28.3. The summed E-state index contributed by atoms with van der Waals surface area (Å²) < 4.78 is 5.97. The number of rotatable bonds is 4. The summed E-state index contributed by atoms with van der Waals surface area (Å²) >= 11 is 0. The number of amides is 1. The number of hydrogen-bond donors (Lipinski definition) is 1. The fourth-order valence-electron chi connectivity index (χ4n) is 4.10. The fraction of sp³-hybridized carbons (Fsp3) is 0.650. The molecule has 2 saturated heterocycles. The highest BCUT2D eigenvalue weighted by molar-refractivity contribution is 5.82. The van der Waals surface area contributed by atoms with E-state index in [1.807, 2.05) is 30.0 Å². The number of carbonyl (C=O) groups is 1. The minimum Gasteiger partial charge on any atom is -0.388 e. The van der Waals surface area contributed by atoms with Gasteiger partial charge in [0, 0.05) is 26.2 Å². The van der Waals surface area contributed by atoms with Crippen molar-refractivity contribution in [1.29, 1.82) is 0 Å². The predicted octanol–water partition coefficient (Wildman–Crippen LogP) is 2.04. The number of aliphatic hydroxyl groups is 1. The SMILES string of the molecule is C[C@@H]1CN(Cc2ccccc2)C[C@H](C(=O)N2CCCC2C(C)(C)O)O1. The first-order valence-corrected chi connectivity index (χ1v) is 9.29. The lowest BCUT2D eigenvalue weighted by molar-refractivity contribution is -0.161. The summed E-state index contributed by atoms with van der Waals surface area (Å²) in [5.74, 6) is 0.0224. The standard InChI is InChI=1S/C20H30N2O3/c1-15-12-21(13-16-8-5-4-6-9-16)14-17(25-15)19(23)22-11-7-10-18(22)20(2,3)24/h4-6,8-9,15,17-18,24H,7,10-14H2,1-3H3/t15-,17-,18?/m1/s1.